The molecule has 172 valence electrons. The summed E-state index contributed by atoms with van der Waals surface area (Å²) in [5, 5.41) is 24.4. The van der Waals surface area contributed by atoms with Crippen LogP contribution in [0.4, 0.5) is 0 Å². The maximum Gasteiger partial charge on any atom is 0.331 e. The third-order valence-electron chi connectivity index (χ3n) is 5.32. The van der Waals surface area contributed by atoms with Gasteiger partial charge in [0.05, 0.1) is 5.54 Å². The van der Waals surface area contributed by atoms with Crippen molar-refractivity contribution in [3.8, 4) is 5.75 Å². The SMILES string of the molecule is CNC(C)(Cc1ccc(O)cc1)C(=O)NC(C(=O)N(C)C/C=C(\C)C(=O)O)C(C)(C)C. The Hall–Kier alpha value is -2.87. The molecule has 31 heavy (non-hydrogen) atoms. The van der Waals surface area contributed by atoms with Gasteiger partial charge in [-0.3, -0.25) is 9.59 Å². The summed E-state index contributed by atoms with van der Waals surface area (Å²) in [6.07, 6.45) is 1.82. The number of carboxylic acids is 1. The number of phenolic OH excluding ortho intramolecular Hbond substituents is 1. The van der Waals surface area contributed by atoms with Gasteiger partial charge in [0.25, 0.3) is 0 Å². The Kier molecular flexibility index (Phi) is 8.81. The van der Waals surface area contributed by atoms with Crippen LogP contribution in [0.5, 0.6) is 5.75 Å². The van der Waals surface area contributed by atoms with Crippen molar-refractivity contribution >= 4 is 17.8 Å². The van der Waals surface area contributed by atoms with Crippen molar-refractivity contribution in [1.82, 2.24) is 15.5 Å². The summed E-state index contributed by atoms with van der Waals surface area (Å²) < 4.78 is 0. The van der Waals surface area contributed by atoms with Gasteiger partial charge in [-0.1, -0.05) is 39.0 Å². The Morgan fingerprint density at radius 3 is 2.13 bits per heavy atom. The molecule has 0 aromatic heterocycles. The molecule has 2 atom stereocenters. The van der Waals surface area contributed by atoms with Gasteiger partial charge >= 0.3 is 5.97 Å². The lowest BCUT2D eigenvalue weighted by atomic mass is 9.84. The second-order valence-corrected chi connectivity index (χ2v) is 9.11. The number of carboxylic acid groups (broad SMARTS) is 1. The first-order valence-electron chi connectivity index (χ1n) is 10.1. The molecule has 8 heteroatoms. The van der Waals surface area contributed by atoms with Crippen molar-refractivity contribution in [3.63, 3.8) is 0 Å². The minimum Gasteiger partial charge on any atom is -0.508 e. The van der Waals surface area contributed by atoms with E-state index in [-0.39, 0.29) is 29.7 Å². The number of likely N-dealkylation sites (N-methyl/N-ethyl adjacent to an activating group) is 2. The highest BCUT2D eigenvalue weighted by Gasteiger charge is 2.39. The molecule has 1 rings (SSSR count). The maximum absolute atomic E-state index is 13.2. The van der Waals surface area contributed by atoms with E-state index in [1.165, 1.54) is 17.9 Å². The lowest BCUT2D eigenvalue weighted by molar-refractivity contribution is -0.139. The van der Waals surface area contributed by atoms with E-state index in [4.69, 9.17) is 5.11 Å². The first-order valence-corrected chi connectivity index (χ1v) is 10.1. The predicted molar refractivity (Wildman–Crippen MR) is 120 cm³/mol. The van der Waals surface area contributed by atoms with Crippen LogP contribution < -0.4 is 10.6 Å². The zero-order valence-electron chi connectivity index (χ0n) is 19.4. The van der Waals surface area contributed by atoms with Crippen molar-refractivity contribution in [3.05, 3.63) is 41.5 Å². The summed E-state index contributed by atoms with van der Waals surface area (Å²) in [4.78, 5) is 38.7. The number of carbonyl (C=O) groups is 3. The number of benzene rings is 1. The highest BCUT2D eigenvalue weighted by molar-refractivity contribution is 5.92. The van der Waals surface area contributed by atoms with Gasteiger partial charge in [0.15, 0.2) is 0 Å². The summed E-state index contributed by atoms with van der Waals surface area (Å²) in [6, 6.07) is 5.81. The Morgan fingerprint density at radius 2 is 1.68 bits per heavy atom. The predicted octanol–water partition coefficient (Wildman–Crippen LogP) is 1.93. The van der Waals surface area contributed by atoms with Gasteiger partial charge in [-0.05, 0) is 50.4 Å². The number of nitrogens with zero attached hydrogens (tertiary/aromatic N) is 1. The highest BCUT2D eigenvalue weighted by Crippen LogP contribution is 2.23. The van der Waals surface area contributed by atoms with Crippen molar-refractivity contribution in [1.29, 1.82) is 0 Å². The van der Waals surface area contributed by atoms with Gasteiger partial charge in [0.2, 0.25) is 11.8 Å². The van der Waals surface area contributed by atoms with E-state index in [0.717, 1.165) is 5.56 Å². The van der Waals surface area contributed by atoms with E-state index in [1.807, 2.05) is 20.8 Å². The summed E-state index contributed by atoms with van der Waals surface area (Å²) in [7, 11) is 3.26. The zero-order valence-corrected chi connectivity index (χ0v) is 19.4. The minimum atomic E-state index is -1.04. The standard InChI is InChI=1S/C23H35N3O5/c1-15(20(29)30)12-13-26(7)19(28)18(22(2,3)4)25-21(31)23(5,24-6)14-16-8-10-17(27)11-9-16/h8-12,18,24,27H,13-14H2,1-7H3,(H,25,31)(H,29,30)/b15-12+. The molecule has 0 aliphatic carbocycles. The molecule has 0 fully saturated rings. The van der Waals surface area contributed by atoms with Crippen molar-refractivity contribution in [2.24, 2.45) is 5.41 Å². The van der Waals surface area contributed by atoms with E-state index in [9.17, 15) is 19.5 Å². The third-order valence-corrected chi connectivity index (χ3v) is 5.32. The van der Waals surface area contributed by atoms with Crippen LogP contribution in [0.15, 0.2) is 35.9 Å². The average Bonchev–Trinajstić information content (AvgIpc) is 2.69. The van der Waals surface area contributed by atoms with Crippen LogP contribution in [0.2, 0.25) is 0 Å². The monoisotopic (exact) mass is 433 g/mol. The number of phenols is 1. The number of hydrogen-bond donors (Lipinski definition) is 4. The molecular weight excluding hydrogens is 398 g/mol. The molecule has 8 nitrogen and oxygen atoms in total. The number of nitrogens with one attached hydrogen (secondary N) is 2. The molecule has 1 aromatic rings. The van der Waals surface area contributed by atoms with Gasteiger partial charge in [0, 0.05) is 19.2 Å². The summed E-state index contributed by atoms with van der Waals surface area (Å²) in [5.41, 5.74) is -0.554. The second-order valence-electron chi connectivity index (χ2n) is 9.11. The minimum absolute atomic E-state index is 0.121. The fourth-order valence-corrected chi connectivity index (χ4v) is 2.91. The van der Waals surface area contributed by atoms with E-state index in [2.05, 4.69) is 10.6 Å². The highest BCUT2D eigenvalue weighted by atomic mass is 16.4. The molecule has 0 spiro atoms. The van der Waals surface area contributed by atoms with E-state index >= 15 is 0 Å². The molecule has 0 bridgehead atoms. The Morgan fingerprint density at radius 1 is 1.13 bits per heavy atom. The summed E-state index contributed by atoms with van der Waals surface area (Å²) in [5.74, 6) is -1.53. The second kappa shape index (κ2) is 10.4. The molecule has 0 aliphatic rings. The molecule has 0 saturated heterocycles. The molecule has 0 aliphatic heterocycles. The third kappa shape index (κ3) is 7.40. The normalized spacial score (nSPS) is 15.0. The molecule has 0 saturated carbocycles. The first-order chi connectivity index (χ1) is 14.2. The van der Waals surface area contributed by atoms with E-state index < -0.39 is 23.0 Å². The van der Waals surface area contributed by atoms with Crippen LogP contribution in [-0.4, -0.2) is 65.1 Å². The smallest absolute Gasteiger partial charge is 0.331 e. The molecular formula is C23H35N3O5. The summed E-state index contributed by atoms with van der Waals surface area (Å²) in [6.45, 7) is 8.92. The summed E-state index contributed by atoms with van der Waals surface area (Å²) >= 11 is 0. The average molecular weight is 434 g/mol. The van der Waals surface area contributed by atoms with Crippen LogP contribution in [-0.2, 0) is 20.8 Å². The molecule has 2 amide bonds. The topological polar surface area (TPSA) is 119 Å². The molecule has 1 aromatic carbocycles. The van der Waals surface area contributed by atoms with Crippen LogP contribution in [0, 0.1) is 5.41 Å². The number of carbonyl (C=O) groups excluding carboxylic acids is 2. The molecule has 0 radical (unpaired) electrons. The fraction of sp³-hybridized carbons (Fsp3) is 0.522. The largest absolute Gasteiger partial charge is 0.508 e. The molecule has 2 unspecified atom stereocenters. The van der Waals surface area contributed by atoms with Crippen molar-refractivity contribution in [2.75, 3.05) is 20.6 Å². The van der Waals surface area contributed by atoms with Gasteiger partial charge < -0.3 is 25.7 Å². The van der Waals surface area contributed by atoms with Crippen LogP contribution in [0.1, 0.15) is 40.2 Å². The first kappa shape index (κ1) is 26.2. The van der Waals surface area contributed by atoms with Gasteiger partial charge in [-0.25, -0.2) is 4.79 Å². The van der Waals surface area contributed by atoms with Gasteiger partial charge in [-0.15, -0.1) is 0 Å². The van der Waals surface area contributed by atoms with Crippen molar-refractivity contribution < 1.29 is 24.6 Å². The lowest BCUT2D eigenvalue weighted by Gasteiger charge is -2.36. The Bertz CT molecular complexity index is 827. The quantitative estimate of drug-likeness (QED) is 0.442. The zero-order chi connectivity index (χ0) is 24.0. The fourth-order valence-electron chi connectivity index (χ4n) is 2.91. The number of hydrogen-bond acceptors (Lipinski definition) is 5. The molecule has 4 N–H and O–H groups in total. The van der Waals surface area contributed by atoms with E-state index in [1.54, 1.807) is 45.3 Å². The van der Waals surface area contributed by atoms with Gasteiger partial charge in [0.1, 0.15) is 11.8 Å². The van der Waals surface area contributed by atoms with Crippen LogP contribution >= 0.6 is 0 Å². The molecule has 0 heterocycles. The number of amides is 2. The number of aromatic hydroxyl groups is 1. The van der Waals surface area contributed by atoms with E-state index in [0.29, 0.717) is 6.42 Å². The van der Waals surface area contributed by atoms with Gasteiger partial charge in [-0.2, -0.15) is 0 Å². The Balaban J connectivity index is 3.04. The Labute approximate surface area is 184 Å². The van der Waals surface area contributed by atoms with Crippen LogP contribution in [0.3, 0.4) is 0 Å². The lowest BCUT2D eigenvalue weighted by Crippen LogP contribution is -2.62. The maximum atomic E-state index is 13.2. The van der Waals surface area contributed by atoms with Crippen molar-refractivity contribution in [2.45, 2.75) is 52.6 Å². The number of aliphatic carboxylic acids is 1. The van der Waals surface area contributed by atoms with Crippen LogP contribution in [0.25, 0.3) is 0 Å². The number of rotatable bonds is 9.